The van der Waals surface area contributed by atoms with Crippen molar-refractivity contribution in [2.75, 3.05) is 19.7 Å². The van der Waals surface area contributed by atoms with E-state index in [9.17, 15) is 4.39 Å². The van der Waals surface area contributed by atoms with Gasteiger partial charge in [-0.15, -0.1) is 0 Å². The van der Waals surface area contributed by atoms with Gasteiger partial charge in [0.15, 0.2) is 5.82 Å². The topological polar surface area (TPSA) is 60.2 Å². The molecule has 7 heteroatoms. The van der Waals surface area contributed by atoms with E-state index in [-0.39, 0.29) is 17.5 Å². The second-order valence-corrected chi connectivity index (χ2v) is 4.91. The Kier molecular flexibility index (Phi) is 3.95. The minimum absolute atomic E-state index is 0.0889. The second-order valence-electron chi connectivity index (χ2n) is 4.50. The van der Waals surface area contributed by atoms with Crippen LogP contribution in [0.3, 0.4) is 0 Å². The molecule has 1 aliphatic heterocycles. The highest BCUT2D eigenvalue weighted by atomic mass is 35.5. The van der Waals surface area contributed by atoms with Crippen LogP contribution in [0.4, 0.5) is 4.39 Å². The fourth-order valence-electron chi connectivity index (χ4n) is 2.05. The van der Waals surface area contributed by atoms with Crippen LogP contribution < -0.4 is 5.32 Å². The molecule has 106 valence electrons. The lowest BCUT2D eigenvalue weighted by Crippen LogP contribution is -2.33. The quantitative estimate of drug-likeness (QED) is 0.940. The van der Waals surface area contributed by atoms with Crippen LogP contribution in [0.1, 0.15) is 23.4 Å². The molecule has 1 aromatic carbocycles. The normalized spacial score (nSPS) is 19.2. The molecular weight excluding hydrogens is 285 g/mol. The fraction of sp³-hybridized carbons (Fsp3) is 0.385. The van der Waals surface area contributed by atoms with Gasteiger partial charge in [0.25, 0.3) is 5.89 Å². The zero-order chi connectivity index (χ0) is 13.9. The maximum atomic E-state index is 13.8. The standard InChI is InChI=1S/C13H13ClFN3O2/c14-9-3-1-2-8(12(9)15)6-11-17-13(20-18-11)10-7-16-4-5-19-10/h1-3,10,16H,4-7H2. The first-order valence-corrected chi connectivity index (χ1v) is 6.69. The Balaban J connectivity index is 1.75. The van der Waals surface area contributed by atoms with E-state index in [0.29, 0.717) is 30.4 Å². The Morgan fingerprint density at radius 2 is 2.35 bits per heavy atom. The van der Waals surface area contributed by atoms with E-state index >= 15 is 0 Å². The molecule has 2 heterocycles. The largest absolute Gasteiger partial charge is 0.366 e. The predicted molar refractivity (Wildman–Crippen MR) is 70.1 cm³/mol. The minimum Gasteiger partial charge on any atom is -0.366 e. The summed E-state index contributed by atoms with van der Waals surface area (Å²) < 4.78 is 24.5. The van der Waals surface area contributed by atoms with E-state index < -0.39 is 5.82 Å². The van der Waals surface area contributed by atoms with Crippen LogP contribution in [-0.2, 0) is 11.2 Å². The van der Waals surface area contributed by atoms with Gasteiger partial charge < -0.3 is 14.6 Å². The highest BCUT2D eigenvalue weighted by Crippen LogP contribution is 2.21. The van der Waals surface area contributed by atoms with Gasteiger partial charge in [-0.3, -0.25) is 0 Å². The average Bonchev–Trinajstić information content (AvgIpc) is 2.93. The maximum Gasteiger partial charge on any atom is 0.257 e. The molecule has 0 amide bonds. The molecule has 1 aromatic heterocycles. The third kappa shape index (κ3) is 2.82. The molecule has 20 heavy (non-hydrogen) atoms. The highest BCUT2D eigenvalue weighted by molar-refractivity contribution is 6.30. The van der Waals surface area contributed by atoms with E-state index in [1.165, 1.54) is 6.07 Å². The molecule has 0 saturated carbocycles. The lowest BCUT2D eigenvalue weighted by molar-refractivity contribution is 0.00755. The van der Waals surface area contributed by atoms with Gasteiger partial charge in [0.1, 0.15) is 11.9 Å². The van der Waals surface area contributed by atoms with Gasteiger partial charge in [0.05, 0.1) is 11.6 Å². The van der Waals surface area contributed by atoms with Crippen LogP contribution in [-0.4, -0.2) is 29.8 Å². The monoisotopic (exact) mass is 297 g/mol. The number of ether oxygens (including phenoxy) is 1. The fourth-order valence-corrected chi connectivity index (χ4v) is 2.24. The van der Waals surface area contributed by atoms with Crippen LogP contribution in [0.5, 0.6) is 0 Å². The van der Waals surface area contributed by atoms with Crippen molar-refractivity contribution in [3.63, 3.8) is 0 Å². The van der Waals surface area contributed by atoms with Crippen LogP contribution in [0.25, 0.3) is 0 Å². The van der Waals surface area contributed by atoms with Gasteiger partial charge in [0, 0.05) is 19.5 Å². The maximum absolute atomic E-state index is 13.8. The number of hydrogen-bond acceptors (Lipinski definition) is 5. The molecule has 1 atom stereocenters. The Morgan fingerprint density at radius 3 is 3.15 bits per heavy atom. The lowest BCUT2D eigenvalue weighted by Gasteiger charge is -2.19. The molecule has 0 aliphatic carbocycles. The van der Waals surface area contributed by atoms with Gasteiger partial charge >= 0.3 is 0 Å². The number of rotatable bonds is 3. The number of benzene rings is 1. The van der Waals surface area contributed by atoms with Crippen LogP contribution >= 0.6 is 11.6 Å². The van der Waals surface area contributed by atoms with Crippen molar-refractivity contribution >= 4 is 11.6 Å². The van der Waals surface area contributed by atoms with E-state index in [0.717, 1.165) is 6.54 Å². The zero-order valence-corrected chi connectivity index (χ0v) is 11.4. The van der Waals surface area contributed by atoms with Crippen molar-refractivity contribution in [2.45, 2.75) is 12.5 Å². The molecule has 0 spiro atoms. The number of nitrogens with one attached hydrogen (secondary N) is 1. The molecule has 3 rings (SSSR count). The molecule has 5 nitrogen and oxygen atoms in total. The van der Waals surface area contributed by atoms with E-state index in [4.69, 9.17) is 20.9 Å². The molecule has 1 fully saturated rings. The van der Waals surface area contributed by atoms with E-state index in [1.807, 2.05) is 0 Å². The van der Waals surface area contributed by atoms with E-state index in [2.05, 4.69) is 15.5 Å². The third-order valence-corrected chi connectivity index (χ3v) is 3.36. The summed E-state index contributed by atoms with van der Waals surface area (Å²) in [6.07, 6.45) is -0.00929. The zero-order valence-electron chi connectivity index (χ0n) is 10.6. The molecule has 1 aliphatic rings. The average molecular weight is 298 g/mol. The van der Waals surface area contributed by atoms with Gasteiger partial charge in [-0.05, 0) is 11.6 Å². The van der Waals surface area contributed by atoms with Crippen molar-refractivity contribution in [2.24, 2.45) is 0 Å². The summed E-state index contributed by atoms with van der Waals surface area (Å²) in [5.41, 5.74) is 0.438. The van der Waals surface area contributed by atoms with Crippen LogP contribution in [0.2, 0.25) is 5.02 Å². The number of morpholine rings is 1. The Morgan fingerprint density at radius 1 is 1.45 bits per heavy atom. The van der Waals surface area contributed by atoms with Gasteiger partial charge in [-0.2, -0.15) is 4.98 Å². The summed E-state index contributed by atoms with van der Waals surface area (Å²) in [6, 6.07) is 4.84. The Labute approximate surface area is 120 Å². The minimum atomic E-state index is -0.448. The van der Waals surface area contributed by atoms with E-state index in [1.54, 1.807) is 12.1 Å². The summed E-state index contributed by atoms with van der Waals surface area (Å²) in [7, 11) is 0. The smallest absolute Gasteiger partial charge is 0.257 e. The van der Waals surface area contributed by atoms with Crippen LogP contribution in [0, 0.1) is 5.82 Å². The van der Waals surface area contributed by atoms with Gasteiger partial charge in [-0.25, -0.2) is 4.39 Å². The number of nitrogens with zero attached hydrogens (tertiary/aromatic N) is 2. The molecule has 0 bridgehead atoms. The van der Waals surface area contributed by atoms with Crippen molar-refractivity contribution < 1.29 is 13.7 Å². The summed E-state index contributed by atoms with van der Waals surface area (Å²) in [4.78, 5) is 4.25. The van der Waals surface area contributed by atoms with Crippen molar-refractivity contribution in [3.05, 3.63) is 46.3 Å². The first kappa shape index (κ1) is 13.5. The molecule has 2 aromatic rings. The van der Waals surface area contributed by atoms with Crippen molar-refractivity contribution in [1.29, 1.82) is 0 Å². The van der Waals surface area contributed by atoms with Gasteiger partial charge in [0.2, 0.25) is 0 Å². The predicted octanol–water partition coefficient (Wildman–Crippen LogP) is 2.11. The van der Waals surface area contributed by atoms with Gasteiger partial charge in [-0.1, -0.05) is 28.9 Å². The first-order valence-electron chi connectivity index (χ1n) is 6.32. The highest BCUT2D eigenvalue weighted by Gasteiger charge is 2.22. The summed E-state index contributed by atoms with van der Waals surface area (Å²) in [5, 5.41) is 7.12. The number of halogens is 2. The first-order chi connectivity index (χ1) is 9.74. The van der Waals surface area contributed by atoms with Crippen LogP contribution in [0.15, 0.2) is 22.7 Å². The van der Waals surface area contributed by atoms with Crippen molar-refractivity contribution in [1.82, 2.24) is 15.5 Å². The molecule has 1 N–H and O–H groups in total. The molecule has 0 radical (unpaired) electrons. The molecule has 1 unspecified atom stereocenters. The second kappa shape index (κ2) is 5.87. The Bertz CT molecular complexity index is 599. The summed E-state index contributed by atoms with van der Waals surface area (Å²) in [6.45, 7) is 2.05. The molecular formula is C13H13ClFN3O2. The summed E-state index contributed by atoms with van der Waals surface area (Å²) in [5.74, 6) is 0.376. The summed E-state index contributed by atoms with van der Waals surface area (Å²) >= 11 is 5.74. The van der Waals surface area contributed by atoms with Crippen molar-refractivity contribution in [3.8, 4) is 0 Å². The SMILES string of the molecule is Fc1c(Cl)cccc1Cc1noc(C2CNCCO2)n1. The number of hydrogen-bond donors (Lipinski definition) is 1. The Hall–Kier alpha value is -1.50. The number of aromatic nitrogens is 2. The molecule has 1 saturated heterocycles. The third-order valence-electron chi connectivity index (χ3n) is 3.07. The lowest BCUT2D eigenvalue weighted by atomic mass is 10.1.